The number of para-hydroxylation sites is 1. The fourth-order valence-electron chi connectivity index (χ4n) is 2.89. The summed E-state index contributed by atoms with van der Waals surface area (Å²) >= 11 is 0. The SMILES string of the molecule is O=S(=O)(CC1CCCO1)N1CCC(=NO)c2ccccc21. The van der Waals surface area contributed by atoms with Gasteiger partial charge in [0.1, 0.15) is 0 Å². The Kier molecular flexibility index (Phi) is 3.86. The second-order valence-corrected chi connectivity index (χ2v) is 7.24. The Morgan fingerprint density at radius 3 is 2.90 bits per heavy atom. The molecule has 7 heteroatoms. The Bertz CT molecular complexity index is 651. The number of oxime groups is 1. The first-order valence-corrected chi connectivity index (χ1v) is 8.65. The summed E-state index contributed by atoms with van der Waals surface area (Å²) < 4.78 is 32.1. The molecule has 1 aromatic rings. The molecular formula is C14H18N2O4S. The van der Waals surface area contributed by atoms with Gasteiger partial charge in [-0.05, 0) is 18.9 Å². The third kappa shape index (κ3) is 2.75. The molecule has 21 heavy (non-hydrogen) atoms. The first kappa shape index (κ1) is 14.3. The van der Waals surface area contributed by atoms with E-state index >= 15 is 0 Å². The van der Waals surface area contributed by atoms with E-state index in [0.717, 1.165) is 12.8 Å². The smallest absolute Gasteiger partial charge is 0.237 e. The molecule has 1 unspecified atom stereocenters. The van der Waals surface area contributed by atoms with Crippen molar-refractivity contribution in [2.45, 2.75) is 25.4 Å². The summed E-state index contributed by atoms with van der Waals surface area (Å²) in [5, 5.41) is 12.3. The van der Waals surface area contributed by atoms with Crippen LogP contribution in [0.25, 0.3) is 0 Å². The van der Waals surface area contributed by atoms with Crippen LogP contribution in [0.2, 0.25) is 0 Å². The van der Waals surface area contributed by atoms with Crippen LogP contribution in [0.1, 0.15) is 24.8 Å². The monoisotopic (exact) mass is 310 g/mol. The Morgan fingerprint density at radius 1 is 1.38 bits per heavy atom. The number of sulfonamides is 1. The van der Waals surface area contributed by atoms with E-state index in [2.05, 4.69) is 5.16 Å². The molecule has 0 amide bonds. The van der Waals surface area contributed by atoms with Gasteiger partial charge in [-0.15, -0.1) is 0 Å². The van der Waals surface area contributed by atoms with Gasteiger partial charge < -0.3 is 9.94 Å². The van der Waals surface area contributed by atoms with Crippen molar-refractivity contribution < 1.29 is 18.4 Å². The quantitative estimate of drug-likeness (QED) is 0.679. The topological polar surface area (TPSA) is 79.2 Å². The maximum atomic E-state index is 12.6. The van der Waals surface area contributed by atoms with Crippen molar-refractivity contribution in [1.29, 1.82) is 0 Å². The van der Waals surface area contributed by atoms with E-state index < -0.39 is 10.0 Å². The molecule has 2 aliphatic rings. The lowest BCUT2D eigenvalue weighted by Crippen LogP contribution is -2.41. The van der Waals surface area contributed by atoms with Gasteiger partial charge in [-0.1, -0.05) is 23.4 Å². The van der Waals surface area contributed by atoms with Crippen molar-refractivity contribution in [2.75, 3.05) is 23.2 Å². The van der Waals surface area contributed by atoms with Crippen molar-refractivity contribution in [1.82, 2.24) is 0 Å². The van der Waals surface area contributed by atoms with Gasteiger partial charge in [-0.3, -0.25) is 4.31 Å². The summed E-state index contributed by atoms with van der Waals surface area (Å²) in [6, 6.07) is 7.11. The molecule has 0 saturated carbocycles. The lowest BCUT2D eigenvalue weighted by Gasteiger charge is -2.31. The first-order valence-electron chi connectivity index (χ1n) is 7.04. The van der Waals surface area contributed by atoms with Gasteiger partial charge in [0.2, 0.25) is 10.0 Å². The summed E-state index contributed by atoms with van der Waals surface area (Å²) in [5.41, 5.74) is 1.77. The van der Waals surface area contributed by atoms with Crippen LogP contribution in [0.5, 0.6) is 0 Å². The molecule has 0 spiro atoms. The van der Waals surface area contributed by atoms with Crippen LogP contribution in [0.15, 0.2) is 29.4 Å². The van der Waals surface area contributed by atoms with Gasteiger partial charge in [0, 0.05) is 25.1 Å². The third-order valence-corrected chi connectivity index (χ3v) is 5.76. The summed E-state index contributed by atoms with van der Waals surface area (Å²) in [6.07, 6.45) is 1.89. The molecule has 1 fully saturated rings. The van der Waals surface area contributed by atoms with Gasteiger partial charge >= 0.3 is 0 Å². The Labute approximate surface area is 124 Å². The maximum Gasteiger partial charge on any atom is 0.237 e. The summed E-state index contributed by atoms with van der Waals surface area (Å²) in [5.74, 6) is 0.00688. The predicted molar refractivity (Wildman–Crippen MR) is 79.5 cm³/mol. The molecule has 1 N–H and O–H groups in total. The molecule has 0 aliphatic carbocycles. The zero-order valence-corrected chi connectivity index (χ0v) is 12.4. The summed E-state index contributed by atoms with van der Waals surface area (Å²) in [4.78, 5) is 0. The molecule has 1 atom stereocenters. The average molecular weight is 310 g/mol. The van der Waals surface area contributed by atoms with Crippen LogP contribution in [-0.2, 0) is 14.8 Å². The van der Waals surface area contributed by atoms with Crippen molar-refractivity contribution >= 4 is 21.4 Å². The molecule has 1 aromatic carbocycles. The number of fused-ring (bicyclic) bond motifs is 1. The zero-order chi connectivity index (χ0) is 14.9. The second kappa shape index (κ2) is 5.65. The van der Waals surface area contributed by atoms with Crippen LogP contribution < -0.4 is 4.31 Å². The highest BCUT2D eigenvalue weighted by molar-refractivity contribution is 7.92. The number of anilines is 1. The van der Waals surface area contributed by atoms with Crippen molar-refractivity contribution in [3.63, 3.8) is 0 Å². The Morgan fingerprint density at radius 2 is 2.19 bits per heavy atom. The van der Waals surface area contributed by atoms with E-state index in [1.54, 1.807) is 24.3 Å². The predicted octanol–water partition coefficient (Wildman–Crippen LogP) is 1.58. The zero-order valence-electron chi connectivity index (χ0n) is 11.6. The third-order valence-electron chi connectivity index (χ3n) is 3.91. The summed E-state index contributed by atoms with van der Waals surface area (Å²) in [7, 11) is -3.44. The largest absolute Gasteiger partial charge is 0.411 e. The molecule has 1 saturated heterocycles. The lowest BCUT2D eigenvalue weighted by atomic mass is 10.0. The highest BCUT2D eigenvalue weighted by atomic mass is 32.2. The first-order chi connectivity index (χ1) is 10.1. The molecule has 0 bridgehead atoms. The van der Waals surface area contributed by atoms with Gasteiger partial charge in [0.05, 0.1) is 23.3 Å². The maximum absolute atomic E-state index is 12.6. The Balaban J connectivity index is 1.92. The van der Waals surface area contributed by atoms with Gasteiger partial charge in [-0.25, -0.2) is 8.42 Å². The molecule has 114 valence electrons. The van der Waals surface area contributed by atoms with Crippen molar-refractivity contribution in [3.05, 3.63) is 29.8 Å². The van der Waals surface area contributed by atoms with Crippen molar-refractivity contribution in [3.8, 4) is 0 Å². The minimum atomic E-state index is -3.44. The molecule has 6 nitrogen and oxygen atoms in total. The number of benzene rings is 1. The van der Waals surface area contributed by atoms with E-state index in [-0.39, 0.29) is 11.9 Å². The van der Waals surface area contributed by atoms with E-state index in [9.17, 15) is 8.42 Å². The second-order valence-electron chi connectivity index (χ2n) is 5.30. The van der Waals surface area contributed by atoms with Crippen LogP contribution in [0.4, 0.5) is 5.69 Å². The molecule has 0 aromatic heterocycles. The Hall–Kier alpha value is -1.60. The number of ether oxygens (including phenoxy) is 1. The summed E-state index contributed by atoms with van der Waals surface area (Å²) in [6.45, 7) is 0.934. The molecular weight excluding hydrogens is 292 g/mol. The number of nitrogens with zero attached hydrogens (tertiary/aromatic N) is 2. The van der Waals surface area contributed by atoms with Crippen LogP contribution in [0.3, 0.4) is 0 Å². The van der Waals surface area contributed by atoms with E-state index in [1.807, 2.05) is 0 Å². The highest BCUT2D eigenvalue weighted by Crippen LogP contribution is 2.30. The van der Waals surface area contributed by atoms with E-state index in [4.69, 9.17) is 9.94 Å². The fourth-order valence-corrected chi connectivity index (χ4v) is 4.63. The van der Waals surface area contributed by atoms with E-state index in [1.165, 1.54) is 4.31 Å². The molecule has 2 heterocycles. The van der Waals surface area contributed by atoms with Crippen LogP contribution in [-0.4, -0.2) is 44.3 Å². The fraction of sp³-hybridized carbons (Fsp3) is 0.500. The highest BCUT2D eigenvalue weighted by Gasteiger charge is 2.33. The van der Waals surface area contributed by atoms with Gasteiger partial charge in [-0.2, -0.15) is 0 Å². The minimum absolute atomic E-state index is 0.00688. The standard InChI is InChI=1S/C14H18N2O4S/c17-15-13-7-8-16(14-6-2-1-5-12(13)14)21(18,19)10-11-4-3-9-20-11/h1-2,5-6,11,17H,3-4,7-10H2. The number of hydrogen-bond acceptors (Lipinski definition) is 5. The minimum Gasteiger partial charge on any atom is -0.411 e. The van der Waals surface area contributed by atoms with E-state index in [0.29, 0.717) is 36.5 Å². The molecule has 2 aliphatic heterocycles. The molecule has 3 rings (SSSR count). The number of rotatable bonds is 3. The molecule has 0 radical (unpaired) electrons. The van der Waals surface area contributed by atoms with Crippen molar-refractivity contribution in [2.24, 2.45) is 5.16 Å². The lowest BCUT2D eigenvalue weighted by molar-refractivity contribution is 0.127. The van der Waals surface area contributed by atoms with Crippen LogP contribution in [0, 0.1) is 0 Å². The van der Waals surface area contributed by atoms with Gasteiger partial charge in [0.15, 0.2) is 0 Å². The number of hydrogen-bond donors (Lipinski definition) is 1. The van der Waals surface area contributed by atoms with Gasteiger partial charge in [0.25, 0.3) is 0 Å². The normalized spacial score (nSPS) is 24.3. The average Bonchev–Trinajstić information content (AvgIpc) is 2.98. The van der Waals surface area contributed by atoms with Crippen LogP contribution >= 0.6 is 0 Å².